The Kier molecular flexibility index (Phi) is 6.51. The molecular formula is C24H22N6O3S2. The number of aromatic nitrogens is 5. The van der Waals surface area contributed by atoms with Crippen molar-refractivity contribution in [2.24, 2.45) is 0 Å². The molecule has 0 saturated carbocycles. The van der Waals surface area contributed by atoms with Crippen LogP contribution in [0.3, 0.4) is 0 Å². The Hall–Kier alpha value is -3.70. The third kappa shape index (κ3) is 4.64. The highest BCUT2D eigenvalue weighted by Crippen LogP contribution is 2.41. The Morgan fingerprint density at radius 1 is 1.17 bits per heavy atom. The van der Waals surface area contributed by atoms with Gasteiger partial charge in [-0.15, -0.1) is 10.2 Å². The van der Waals surface area contributed by atoms with E-state index in [4.69, 9.17) is 21.7 Å². The topological polar surface area (TPSA) is 109 Å². The van der Waals surface area contributed by atoms with E-state index >= 15 is 0 Å². The Balaban J connectivity index is 1.44. The van der Waals surface area contributed by atoms with Gasteiger partial charge < -0.3 is 14.5 Å². The molecule has 0 unspecified atom stereocenters. The van der Waals surface area contributed by atoms with Crippen molar-refractivity contribution in [2.45, 2.75) is 12.8 Å². The summed E-state index contributed by atoms with van der Waals surface area (Å²) in [6, 6.07) is 12.0. The summed E-state index contributed by atoms with van der Waals surface area (Å²) in [5.41, 5.74) is 3.73. The first-order valence-corrected chi connectivity index (χ1v) is 12.1. The predicted molar refractivity (Wildman–Crippen MR) is 139 cm³/mol. The number of fused-ring (bicyclic) bond motifs is 1. The first-order chi connectivity index (χ1) is 17.1. The second-order valence-corrected chi connectivity index (χ2v) is 9.52. The molecule has 1 aliphatic heterocycles. The number of tetrazole rings is 1. The maximum absolute atomic E-state index is 13.1. The van der Waals surface area contributed by atoms with Gasteiger partial charge in [0.2, 0.25) is 0 Å². The minimum Gasteiger partial charge on any atom is -0.493 e. The van der Waals surface area contributed by atoms with E-state index in [0.29, 0.717) is 45.9 Å². The van der Waals surface area contributed by atoms with Gasteiger partial charge >= 0.3 is 0 Å². The van der Waals surface area contributed by atoms with Crippen molar-refractivity contribution >= 4 is 51.2 Å². The van der Waals surface area contributed by atoms with E-state index < -0.39 is 0 Å². The van der Waals surface area contributed by atoms with Gasteiger partial charge in [-0.3, -0.25) is 9.69 Å². The van der Waals surface area contributed by atoms with Crippen molar-refractivity contribution in [2.75, 3.05) is 20.8 Å². The average molecular weight is 507 g/mol. The molecule has 1 aliphatic rings. The first kappa shape index (κ1) is 23.1. The number of carbonyl (C=O) groups excluding carboxylic acids is 1. The van der Waals surface area contributed by atoms with Crippen LogP contribution in [0.5, 0.6) is 11.5 Å². The molecule has 0 aliphatic carbocycles. The highest BCUT2D eigenvalue weighted by atomic mass is 32.2. The van der Waals surface area contributed by atoms with Crippen LogP contribution < -0.4 is 9.47 Å². The SMILES string of the molecule is COc1cc(C=C2SC(=S)N(CCCc3nn[nH]n3)C2=O)cc(-c2ccc3[nH]ccc3c2)c1OC. The molecule has 0 bridgehead atoms. The Bertz CT molecular complexity index is 1430. The quantitative estimate of drug-likeness (QED) is 0.270. The summed E-state index contributed by atoms with van der Waals surface area (Å²) < 4.78 is 11.9. The highest BCUT2D eigenvalue weighted by molar-refractivity contribution is 8.26. The third-order valence-corrected chi connectivity index (χ3v) is 7.09. The molecule has 178 valence electrons. The number of amides is 1. The fourth-order valence-corrected chi connectivity index (χ4v) is 5.34. The number of H-pyrrole nitrogens is 2. The van der Waals surface area contributed by atoms with Crippen LogP contribution >= 0.6 is 24.0 Å². The number of hydrogen-bond acceptors (Lipinski definition) is 8. The summed E-state index contributed by atoms with van der Waals surface area (Å²) in [6.07, 6.45) is 5.05. The van der Waals surface area contributed by atoms with Crippen molar-refractivity contribution in [3.8, 4) is 22.6 Å². The minimum absolute atomic E-state index is 0.113. The summed E-state index contributed by atoms with van der Waals surface area (Å²) in [7, 11) is 3.22. The zero-order valence-corrected chi connectivity index (χ0v) is 20.7. The number of rotatable bonds is 8. The predicted octanol–water partition coefficient (Wildman–Crippen LogP) is 4.20. The number of methoxy groups -OCH3 is 2. The summed E-state index contributed by atoms with van der Waals surface area (Å²) >= 11 is 6.78. The van der Waals surface area contributed by atoms with Crippen molar-refractivity contribution in [1.29, 1.82) is 0 Å². The first-order valence-electron chi connectivity index (χ1n) is 10.9. The van der Waals surface area contributed by atoms with Gasteiger partial charge in [0.15, 0.2) is 17.3 Å². The van der Waals surface area contributed by atoms with Crippen LogP contribution in [0.15, 0.2) is 47.5 Å². The summed E-state index contributed by atoms with van der Waals surface area (Å²) in [5, 5.41) is 15.0. The van der Waals surface area contributed by atoms with Crippen molar-refractivity contribution in [3.63, 3.8) is 0 Å². The van der Waals surface area contributed by atoms with Crippen LogP contribution in [-0.2, 0) is 11.2 Å². The number of ether oxygens (including phenoxy) is 2. The molecule has 0 atom stereocenters. The summed E-state index contributed by atoms with van der Waals surface area (Å²) in [5.74, 6) is 1.72. The number of aryl methyl sites for hydroxylation is 1. The maximum atomic E-state index is 13.1. The lowest BCUT2D eigenvalue weighted by molar-refractivity contribution is -0.122. The molecule has 2 N–H and O–H groups in total. The highest BCUT2D eigenvalue weighted by Gasteiger charge is 2.31. The molecule has 11 heteroatoms. The molecule has 1 amide bonds. The molecule has 4 aromatic rings. The second kappa shape index (κ2) is 9.88. The molecule has 2 aromatic carbocycles. The van der Waals surface area contributed by atoms with Gasteiger partial charge in [0.1, 0.15) is 4.32 Å². The minimum atomic E-state index is -0.113. The Labute approximate surface area is 210 Å². The van der Waals surface area contributed by atoms with Gasteiger partial charge in [-0.2, -0.15) is 5.21 Å². The molecule has 0 spiro atoms. The number of aromatic amines is 2. The second-order valence-electron chi connectivity index (χ2n) is 7.85. The number of nitrogens with zero attached hydrogens (tertiary/aromatic N) is 4. The zero-order valence-electron chi connectivity index (χ0n) is 19.1. The molecule has 0 radical (unpaired) electrons. The van der Waals surface area contributed by atoms with Gasteiger partial charge in [-0.05, 0) is 59.3 Å². The molecule has 3 heterocycles. The van der Waals surface area contributed by atoms with Gasteiger partial charge in [0.05, 0.1) is 19.1 Å². The molecular weight excluding hydrogens is 484 g/mol. The number of thioether (sulfide) groups is 1. The van der Waals surface area contributed by atoms with E-state index in [1.807, 2.05) is 42.6 Å². The van der Waals surface area contributed by atoms with Crippen LogP contribution in [0.1, 0.15) is 17.8 Å². The number of hydrogen-bond donors (Lipinski definition) is 2. The summed E-state index contributed by atoms with van der Waals surface area (Å²) in [4.78, 5) is 18.5. The van der Waals surface area contributed by atoms with Gasteiger partial charge in [-0.1, -0.05) is 35.3 Å². The standard InChI is InChI=1S/C24H22N6O3S2/c1-32-19-11-14(10-17(22(19)33-2)15-5-6-18-16(13-15)7-8-25-18)12-20-23(31)30(24(34)35-20)9-3-4-21-26-28-29-27-21/h5-8,10-13,25H,3-4,9H2,1-2H3,(H,26,27,28,29). The lowest BCUT2D eigenvalue weighted by Gasteiger charge is -2.15. The Morgan fingerprint density at radius 3 is 2.83 bits per heavy atom. The largest absolute Gasteiger partial charge is 0.493 e. The fourth-order valence-electron chi connectivity index (χ4n) is 4.03. The number of nitrogens with one attached hydrogen (secondary N) is 2. The van der Waals surface area contributed by atoms with E-state index in [1.54, 1.807) is 19.1 Å². The monoisotopic (exact) mass is 506 g/mol. The van der Waals surface area contributed by atoms with Gasteiger partial charge in [-0.25, -0.2) is 0 Å². The number of carbonyl (C=O) groups is 1. The van der Waals surface area contributed by atoms with Crippen molar-refractivity contribution < 1.29 is 14.3 Å². The van der Waals surface area contributed by atoms with Gasteiger partial charge in [0, 0.05) is 30.2 Å². The number of thiocarbonyl (C=S) groups is 1. The lowest BCUT2D eigenvalue weighted by atomic mass is 9.99. The van der Waals surface area contributed by atoms with Crippen LogP contribution in [0, 0.1) is 0 Å². The molecule has 1 saturated heterocycles. The van der Waals surface area contributed by atoms with E-state index in [1.165, 1.54) is 11.8 Å². The van der Waals surface area contributed by atoms with Crippen LogP contribution in [0.25, 0.3) is 28.1 Å². The maximum Gasteiger partial charge on any atom is 0.266 e. The van der Waals surface area contributed by atoms with E-state index in [9.17, 15) is 4.79 Å². The molecule has 35 heavy (non-hydrogen) atoms. The molecule has 5 rings (SSSR count). The smallest absolute Gasteiger partial charge is 0.266 e. The van der Waals surface area contributed by atoms with Crippen molar-refractivity contribution in [3.05, 3.63) is 58.9 Å². The molecule has 2 aromatic heterocycles. The van der Waals surface area contributed by atoms with Crippen LogP contribution in [0.4, 0.5) is 0 Å². The van der Waals surface area contributed by atoms with E-state index in [-0.39, 0.29) is 5.91 Å². The van der Waals surface area contributed by atoms with Gasteiger partial charge in [0.25, 0.3) is 5.91 Å². The Morgan fingerprint density at radius 2 is 2.06 bits per heavy atom. The van der Waals surface area contributed by atoms with Crippen LogP contribution in [0.2, 0.25) is 0 Å². The fraction of sp³-hybridized carbons (Fsp3) is 0.208. The van der Waals surface area contributed by atoms with Crippen molar-refractivity contribution in [1.82, 2.24) is 30.5 Å². The van der Waals surface area contributed by atoms with E-state index in [2.05, 4.69) is 31.7 Å². The summed E-state index contributed by atoms with van der Waals surface area (Å²) in [6.45, 7) is 0.490. The molecule has 1 fully saturated rings. The normalized spacial score (nSPS) is 14.9. The third-order valence-electron chi connectivity index (χ3n) is 5.71. The number of benzene rings is 2. The van der Waals surface area contributed by atoms with E-state index in [0.717, 1.165) is 27.6 Å². The lowest BCUT2D eigenvalue weighted by Crippen LogP contribution is -2.29. The average Bonchev–Trinajstić information content (AvgIpc) is 3.61. The molecule has 9 nitrogen and oxygen atoms in total. The zero-order chi connectivity index (χ0) is 24.4. The van der Waals surface area contributed by atoms with Crippen LogP contribution in [-0.4, -0.2) is 61.5 Å².